The Bertz CT molecular complexity index is 216. The van der Waals surface area contributed by atoms with Crippen molar-refractivity contribution in [1.29, 1.82) is 0 Å². The first kappa shape index (κ1) is 10.0. The summed E-state index contributed by atoms with van der Waals surface area (Å²) in [4.78, 5) is 1.34. The normalized spacial score (nSPS) is 10.2. The third kappa shape index (κ3) is 3.11. The number of hydrogen-bond donors (Lipinski definition) is 1. The molecular weight excluding hydrogens is 184 g/mol. The molecule has 0 saturated heterocycles. The molecule has 0 aliphatic rings. The third-order valence-electron chi connectivity index (χ3n) is 1.78. The summed E-state index contributed by atoms with van der Waals surface area (Å²) in [5.41, 5.74) is 1.42. The van der Waals surface area contributed by atoms with E-state index < -0.39 is 0 Å². The number of thioether (sulfide) groups is 1. The molecule has 0 aliphatic heterocycles. The van der Waals surface area contributed by atoms with Crippen LogP contribution in [-0.4, -0.2) is 12.0 Å². The maximum Gasteiger partial charge on any atom is 0.00693 e. The molecule has 0 spiro atoms. The molecule has 1 aromatic rings. The van der Waals surface area contributed by atoms with Crippen LogP contribution in [0, 0.1) is 0 Å². The second-order valence-electron chi connectivity index (χ2n) is 2.68. The van der Waals surface area contributed by atoms with Gasteiger partial charge in [-0.05, 0) is 42.5 Å². The van der Waals surface area contributed by atoms with Crippen LogP contribution >= 0.6 is 24.4 Å². The zero-order valence-corrected chi connectivity index (χ0v) is 9.00. The fourth-order valence-electron chi connectivity index (χ4n) is 1.08. The summed E-state index contributed by atoms with van der Waals surface area (Å²) in [6, 6.07) is 8.77. The lowest BCUT2D eigenvalue weighted by molar-refractivity contribution is 0.934. The van der Waals surface area contributed by atoms with Gasteiger partial charge in [0.05, 0.1) is 0 Å². The Kier molecular flexibility index (Phi) is 4.62. The zero-order valence-electron chi connectivity index (χ0n) is 7.29. The molecule has 0 aliphatic carbocycles. The van der Waals surface area contributed by atoms with Gasteiger partial charge in [-0.1, -0.05) is 12.1 Å². The van der Waals surface area contributed by atoms with E-state index in [4.69, 9.17) is 0 Å². The van der Waals surface area contributed by atoms with Gasteiger partial charge >= 0.3 is 0 Å². The van der Waals surface area contributed by atoms with Crippen LogP contribution in [0.2, 0.25) is 0 Å². The van der Waals surface area contributed by atoms with Crippen LogP contribution in [0.15, 0.2) is 29.2 Å². The van der Waals surface area contributed by atoms with Crippen molar-refractivity contribution in [3.05, 3.63) is 29.8 Å². The van der Waals surface area contributed by atoms with Crippen molar-refractivity contribution in [2.75, 3.05) is 12.0 Å². The van der Waals surface area contributed by atoms with Crippen LogP contribution in [0.1, 0.15) is 12.0 Å². The Hall–Kier alpha value is -0.0800. The van der Waals surface area contributed by atoms with E-state index in [2.05, 4.69) is 43.2 Å². The van der Waals surface area contributed by atoms with E-state index in [9.17, 15) is 0 Å². The second-order valence-corrected chi connectivity index (χ2v) is 4.00. The molecule has 0 saturated carbocycles. The lowest BCUT2D eigenvalue weighted by atomic mass is 10.1. The Morgan fingerprint density at radius 3 is 2.42 bits per heavy atom. The summed E-state index contributed by atoms with van der Waals surface area (Å²) in [5, 5.41) is 0. The van der Waals surface area contributed by atoms with Crippen molar-refractivity contribution in [2.24, 2.45) is 0 Å². The molecule has 0 amide bonds. The van der Waals surface area contributed by atoms with E-state index in [-0.39, 0.29) is 0 Å². The van der Waals surface area contributed by atoms with Crippen LogP contribution in [0.4, 0.5) is 0 Å². The molecule has 2 heteroatoms. The molecule has 0 atom stereocenters. The van der Waals surface area contributed by atoms with Gasteiger partial charge in [0.15, 0.2) is 0 Å². The lowest BCUT2D eigenvalue weighted by Gasteiger charge is -2.00. The molecule has 0 radical (unpaired) electrons. The van der Waals surface area contributed by atoms with Gasteiger partial charge < -0.3 is 0 Å². The topological polar surface area (TPSA) is 0 Å². The first-order valence-electron chi connectivity index (χ1n) is 4.10. The summed E-state index contributed by atoms with van der Waals surface area (Å²) in [5.74, 6) is 0.976. The predicted molar refractivity (Wildman–Crippen MR) is 60.4 cm³/mol. The van der Waals surface area contributed by atoms with Gasteiger partial charge in [-0.25, -0.2) is 0 Å². The maximum atomic E-state index is 4.19. The zero-order chi connectivity index (χ0) is 8.81. The highest BCUT2D eigenvalue weighted by Crippen LogP contribution is 2.15. The van der Waals surface area contributed by atoms with Gasteiger partial charge in [0.2, 0.25) is 0 Å². The predicted octanol–water partition coefficient (Wildman–Crippen LogP) is 3.27. The largest absolute Gasteiger partial charge is 0.179 e. The van der Waals surface area contributed by atoms with E-state index in [1.807, 2.05) is 0 Å². The summed E-state index contributed by atoms with van der Waals surface area (Å²) in [6.07, 6.45) is 4.42. The Morgan fingerprint density at radius 1 is 1.25 bits per heavy atom. The van der Waals surface area contributed by atoms with Crippen molar-refractivity contribution in [1.82, 2.24) is 0 Å². The van der Waals surface area contributed by atoms with E-state index in [1.165, 1.54) is 16.9 Å². The first-order valence-corrected chi connectivity index (χ1v) is 5.96. The van der Waals surface area contributed by atoms with Crippen molar-refractivity contribution in [3.8, 4) is 0 Å². The monoisotopic (exact) mass is 198 g/mol. The molecule has 0 unspecified atom stereocenters. The van der Waals surface area contributed by atoms with Crippen molar-refractivity contribution in [2.45, 2.75) is 17.7 Å². The van der Waals surface area contributed by atoms with Gasteiger partial charge in [0, 0.05) is 4.90 Å². The summed E-state index contributed by atoms with van der Waals surface area (Å²) < 4.78 is 0. The summed E-state index contributed by atoms with van der Waals surface area (Å²) in [6.45, 7) is 0. The molecule has 0 nitrogen and oxygen atoms in total. The molecular formula is C10H14S2. The molecule has 12 heavy (non-hydrogen) atoms. The van der Waals surface area contributed by atoms with Gasteiger partial charge in [-0.3, -0.25) is 0 Å². The highest BCUT2D eigenvalue weighted by molar-refractivity contribution is 7.98. The molecule has 0 bridgehead atoms. The SMILES string of the molecule is CSc1ccc(CCCS)cc1. The quantitative estimate of drug-likeness (QED) is 0.572. The van der Waals surface area contributed by atoms with Crippen LogP contribution in [0.3, 0.4) is 0 Å². The average molecular weight is 198 g/mol. The molecule has 66 valence electrons. The van der Waals surface area contributed by atoms with Crippen LogP contribution in [0.5, 0.6) is 0 Å². The highest BCUT2D eigenvalue weighted by atomic mass is 32.2. The van der Waals surface area contributed by atoms with Gasteiger partial charge in [-0.15, -0.1) is 11.8 Å². The van der Waals surface area contributed by atoms with Crippen molar-refractivity contribution >= 4 is 24.4 Å². The number of thiol groups is 1. The van der Waals surface area contributed by atoms with Crippen LogP contribution < -0.4 is 0 Å². The number of rotatable bonds is 4. The highest BCUT2D eigenvalue weighted by Gasteiger charge is 1.92. The Morgan fingerprint density at radius 2 is 1.92 bits per heavy atom. The van der Waals surface area contributed by atoms with Crippen LogP contribution in [0.25, 0.3) is 0 Å². The van der Waals surface area contributed by atoms with Crippen LogP contribution in [-0.2, 0) is 6.42 Å². The van der Waals surface area contributed by atoms with E-state index in [1.54, 1.807) is 11.8 Å². The van der Waals surface area contributed by atoms with E-state index in [0.717, 1.165) is 12.2 Å². The average Bonchev–Trinajstić information content (AvgIpc) is 2.15. The minimum atomic E-state index is 0.976. The minimum absolute atomic E-state index is 0.976. The third-order valence-corrected chi connectivity index (χ3v) is 2.84. The standard InChI is InChI=1S/C10H14S2/c1-12-10-6-4-9(5-7-10)3-2-8-11/h4-7,11H,2-3,8H2,1H3. The minimum Gasteiger partial charge on any atom is -0.179 e. The fraction of sp³-hybridized carbons (Fsp3) is 0.400. The molecule has 1 aromatic carbocycles. The molecule has 0 N–H and O–H groups in total. The Balaban J connectivity index is 2.53. The summed E-state index contributed by atoms with van der Waals surface area (Å²) >= 11 is 5.97. The van der Waals surface area contributed by atoms with E-state index >= 15 is 0 Å². The second kappa shape index (κ2) is 5.55. The Labute approximate surface area is 84.2 Å². The van der Waals surface area contributed by atoms with Crippen molar-refractivity contribution in [3.63, 3.8) is 0 Å². The lowest BCUT2D eigenvalue weighted by Crippen LogP contribution is -1.85. The van der Waals surface area contributed by atoms with Gasteiger partial charge in [-0.2, -0.15) is 12.6 Å². The number of hydrogen-bond acceptors (Lipinski definition) is 2. The fourth-order valence-corrected chi connectivity index (χ4v) is 1.64. The summed E-state index contributed by atoms with van der Waals surface area (Å²) in [7, 11) is 0. The molecule has 1 rings (SSSR count). The molecule has 0 heterocycles. The van der Waals surface area contributed by atoms with E-state index in [0.29, 0.717) is 0 Å². The van der Waals surface area contributed by atoms with Gasteiger partial charge in [0.25, 0.3) is 0 Å². The van der Waals surface area contributed by atoms with Gasteiger partial charge in [0.1, 0.15) is 0 Å². The molecule has 0 fully saturated rings. The molecule has 0 aromatic heterocycles. The number of aryl methyl sites for hydroxylation is 1. The van der Waals surface area contributed by atoms with Crippen molar-refractivity contribution < 1.29 is 0 Å². The smallest absolute Gasteiger partial charge is 0.00693 e. The maximum absolute atomic E-state index is 4.19. The number of benzene rings is 1. The first-order chi connectivity index (χ1) is 5.86.